The van der Waals surface area contributed by atoms with E-state index in [1.807, 2.05) is 23.7 Å². The molecule has 0 saturated heterocycles. The smallest absolute Gasteiger partial charge is 0.229 e. The van der Waals surface area contributed by atoms with E-state index in [0.29, 0.717) is 11.0 Å². The molecule has 5 heteroatoms. The zero-order valence-corrected chi connectivity index (χ0v) is 11.5. The predicted octanol–water partition coefficient (Wildman–Crippen LogP) is 2.84. The minimum absolute atomic E-state index is 0.0678. The highest BCUT2D eigenvalue weighted by Crippen LogP contribution is 2.47. The number of amides is 1. The molecule has 1 amide bonds. The van der Waals surface area contributed by atoms with E-state index in [1.54, 1.807) is 6.20 Å². The second kappa shape index (κ2) is 5.09. The van der Waals surface area contributed by atoms with Crippen molar-refractivity contribution in [1.29, 1.82) is 0 Å². The van der Waals surface area contributed by atoms with Crippen LogP contribution in [0.3, 0.4) is 0 Å². The topological polar surface area (TPSA) is 54.9 Å². The normalized spacial score (nSPS) is 21.1. The number of rotatable bonds is 4. The molecule has 1 fully saturated rings. The molecular weight excluding hydrogens is 258 g/mol. The molecule has 2 aromatic heterocycles. The van der Waals surface area contributed by atoms with Gasteiger partial charge in [0.2, 0.25) is 5.91 Å². The first-order valence-corrected chi connectivity index (χ1v) is 7.31. The van der Waals surface area contributed by atoms with Gasteiger partial charge in [0, 0.05) is 23.7 Å². The van der Waals surface area contributed by atoms with Crippen molar-refractivity contribution in [2.75, 3.05) is 5.32 Å². The van der Waals surface area contributed by atoms with Gasteiger partial charge in [-0.15, -0.1) is 11.3 Å². The van der Waals surface area contributed by atoms with E-state index in [0.717, 1.165) is 24.1 Å². The first-order valence-electron chi connectivity index (χ1n) is 6.43. The van der Waals surface area contributed by atoms with Crippen molar-refractivity contribution in [2.24, 2.45) is 5.92 Å². The standard InChI is InChI=1S/C14H15N3OS/c1-2-10-8-19-14(16-10)17-13(18)12-6-11(12)9-4-3-5-15-7-9/h3-5,7-8,11-12H,2,6H2,1H3,(H,16,17,18)/t11-,12-/m0/s1. The van der Waals surface area contributed by atoms with E-state index in [2.05, 4.69) is 22.2 Å². The first kappa shape index (κ1) is 12.3. The maximum atomic E-state index is 12.1. The molecule has 1 N–H and O–H groups in total. The fourth-order valence-corrected chi connectivity index (χ4v) is 2.97. The summed E-state index contributed by atoms with van der Waals surface area (Å²) in [4.78, 5) is 20.5. The fourth-order valence-electron chi connectivity index (χ4n) is 2.17. The molecule has 0 bridgehead atoms. The van der Waals surface area contributed by atoms with Gasteiger partial charge in [-0.1, -0.05) is 13.0 Å². The Bertz CT molecular complexity index is 581. The number of hydrogen-bond acceptors (Lipinski definition) is 4. The van der Waals surface area contributed by atoms with Gasteiger partial charge in [-0.3, -0.25) is 9.78 Å². The Morgan fingerprint density at radius 3 is 3.16 bits per heavy atom. The van der Waals surface area contributed by atoms with Crippen LogP contribution >= 0.6 is 11.3 Å². The quantitative estimate of drug-likeness (QED) is 0.932. The molecule has 0 spiro atoms. The van der Waals surface area contributed by atoms with E-state index in [1.165, 1.54) is 11.3 Å². The zero-order valence-electron chi connectivity index (χ0n) is 10.7. The molecule has 2 heterocycles. The van der Waals surface area contributed by atoms with Crippen molar-refractivity contribution in [1.82, 2.24) is 9.97 Å². The number of nitrogens with zero attached hydrogens (tertiary/aromatic N) is 2. The molecule has 1 saturated carbocycles. The van der Waals surface area contributed by atoms with Crippen molar-refractivity contribution in [3.63, 3.8) is 0 Å². The number of thiazole rings is 1. The first-order chi connectivity index (χ1) is 9.28. The third-order valence-corrected chi connectivity index (χ3v) is 4.19. The zero-order chi connectivity index (χ0) is 13.2. The highest BCUT2D eigenvalue weighted by atomic mass is 32.1. The van der Waals surface area contributed by atoms with Gasteiger partial charge in [0.15, 0.2) is 5.13 Å². The lowest BCUT2D eigenvalue weighted by Crippen LogP contribution is -2.14. The van der Waals surface area contributed by atoms with Gasteiger partial charge in [-0.25, -0.2) is 4.98 Å². The minimum atomic E-state index is 0.0678. The number of nitrogens with one attached hydrogen (secondary N) is 1. The molecular formula is C14H15N3OS. The van der Waals surface area contributed by atoms with Crippen LogP contribution in [-0.2, 0) is 11.2 Å². The Balaban J connectivity index is 1.61. The van der Waals surface area contributed by atoms with E-state index < -0.39 is 0 Å². The van der Waals surface area contributed by atoms with Crippen molar-refractivity contribution >= 4 is 22.4 Å². The summed E-state index contributed by atoms with van der Waals surface area (Å²) >= 11 is 1.49. The number of aromatic nitrogens is 2. The predicted molar refractivity (Wildman–Crippen MR) is 75.2 cm³/mol. The maximum Gasteiger partial charge on any atom is 0.229 e. The summed E-state index contributed by atoms with van der Waals surface area (Å²) in [6.45, 7) is 2.06. The Morgan fingerprint density at radius 1 is 1.58 bits per heavy atom. The van der Waals surface area contributed by atoms with Crippen LogP contribution in [-0.4, -0.2) is 15.9 Å². The fraction of sp³-hybridized carbons (Fsp3) is 0.357. The van der Waals surface area contributed by atoms with E-state index >= 15 is 0 Å². The van der Waals surface area contributed by atoms with Crippen molar-refractivity contribution < 1.29 is 4.79 Å². The van der Waals surface area contributed by atoms with Crippen LogP contribution in [0.5, 0.6) is 0 Å². The van der Waals surface area contributed by atoms with Crippen LogP contribution in [0.1, 0.15) is 30.5 Å². The van der Waals surface area contributed by atoms with E-state index in [-0.39, 0.29) is 11.8 Å². The number of hydrogen-bond donors (Lipinski definition) is 1. The molecule has 4 nitrogen and oxygen atoms in total. The number of aryl methyl sites for hydroxylation is 1. The number of carbonyl (C=O) groups excluding carboxylic acids is 1. The maximum absolute atomic E-state index is 12.1. The minimum Gasteiger partial charge on any atom is -0.302 e. The molecule has 2 aromatic rings. The van der Waals surface area contributed by atoms with Crippen molar-refractivity contribution in [2.45, 2.75) is 25.7 Å². The lowest BCUT2D eigenvalue weighted by atomic mass is 10.1. The summed E-state index contributed by atoms with van der Waals surface area (Å²) < 4.78 is 0. The SMILES string of the molecule is CCc1csc(NC(=O)[C@H]2C[C@H]2c2cccnc2)n1. The van der Waals surface area contributed by atoms with Crippen LogP contribution < -0.4 is 5.32 Å². The number of anilines is 1. The second-order valence-electron chi connectivity index (χ2n) is 4.72. The average Bonchev–Trinajstić information content (AvgIpc) is 3.13. The molecule has 1 aliphatic carbocycles. The van der Waals surface area contributed by atoms with Gasteiger partial charge < -0.3 is 5.32 Å². The Labute approximate surface area is 115 Å². The molecule has 98 valence electrons. The average molecular weight is 273 g/mol. The lowest BCUT2D eigenvalue weighted by Gasteiger charge is -2.01. The lowest BCUT2D eigenvalue weighted by molar-refractivity contribution is -0.117. The van der Waals surface area contributed by atoms with Crippen LogP contribution in [0.25, 0.3) is 0 Å². The Kier molecular flexibility index (Phi) is 3.29. The molecule has 1 aliphatic rings. The highest BCUT2D eigenvalue weighted by molar-refractivity contribution is 7.13. The summed E-state index contributed by atoms with van der Waals surface area (Å²) in [5.41, 5.74) is 2.18. The molecule has 0 aromatic carbocycles. The van der Waals surface area contributed by atoms with E-state index in [9.17, 15) is 4.79 Å². The molecule has 0 aliphatic heterocycles. The largest absolute Gasteiger partial charge is 0.302 e. The molecule has 0 unspecified atom stereocenters. The van der Waals surface area contributed by atoms with Gasteiger partial charge in [0.05, 0.1) is 5.69 Å². The summed E-state index contributed by atoms with van der Waals surface area (Å²) in [5, 5.41) is 5.60. The number of carbonyl (C=O) groups is 1. The second-order valence-corrected chi connectivity index (χ2v) is 5.58. The third-order valence-electron chi connectivity index (χ3n) is 3.38. The highest BCUT2D eigenvalue weighted by Gasteiger charge is 2.44. The molecule has 19 heavy (non-hydrogen) atoms. The van der Waals surface area contributed by atoms with Gasteiger partial charge >= 0.3 is 0 Å². The van der Waals surface area contributed by atoms with Crippen molar-refractivity contribution in [3.05, 3.63) is 41.2 Å². The number of pyridine rings is 1. The molecule has 0 radical (unpaired) electrons. The van der Waals surface area contributed by atoms with Gasteiger partial charge in [-0.05, 0) is 30.4 Å². The van der Waals surface area contributed by atoms with Crippen molar-refractivity contribution in [3.8, 4) is 0 Å². The summed E-state index contributed by atoms with van der Waals surface area (Å²) in [6.07, 6.45) is 5.40. The van der Waals surface area contributed by atoms with Crippen LogP contribution in [0.4, 0.5) is 5.13 Å². The summed E-state index contributed by atoms with van der Waals surface area (Å²) in [6, 6.07) is 3.94. The van der Waals surface area contributed by atoms with Crippen LogP contribution in [0, 0.1) is 5.92 Å². The molecule has 2 atom stereocenters. The third kappa shape index (κ3) is 2.66. The Morgan fingerprint density at radius 2 is 2.47 bits per heavy atom. The Hall–Kier alpha value is -1.75. The van der Waals surface area contributed by atoms with E-state index in [4.69, 9.17) is 0 Å². The van der Waals surface area contributed by atoms with Gasteiger partial charge in [-0.2, -0.15) is 0 Å². The van der Waals surface area contributed by atoms with Crippen LogP contribution in [0.2, 0.25) is 0 Å². The monoisotopic (exact) mass is 273 g/mol. The van der Waals surface area contributed by atoms with Crippen LogP contribution in [0.15, 0.2) is 29.9 Å². The molecule has 3 rings (SSSR count). The summed E-state index contributed by atoms with van der Waals surface area (Å²) in [7, 11) is 0. The van der Waals surface area contributed by atoms with Gasteiger partial charge in [0.25, 0.3) is 0 Å². The summed E-state index contributed by atoms with van der Waals surface area (Å²) in [5.74, 6) is 0.461. The van der Waals surface area contributed by atoms with Gasteiger partial charge in [0.1, 0.15) is 0 Å².